The molecule has 0 aliphatic carbocycles. The molecule has 0 saturated carbocycles. The predicted molar refractivity (Wildman–Crippen MR) is 484 cm³/mol. The fraction of sp³-hybridized carbons (Fsp3) is 0.524. The Morgan fingerprint density at radius 3 is 1.57 bits per heavy atom. The van der Waals surface area contributed by atoms with Crippen LogP contribution in [0.15, 0.2) is 93.8 Å². The van der Waals surface area contributed by atoms with E-state index < -0.39 is 326 Å². The van der Waals surface area contributed by atoms with Crippen molar-refractivity contribution in [2.45, 2.75) is 186 Å². The number of nitrogens with two attached hydrogens (primary N) is 2. The second-order valence-corrected chi connectivity index (χ2v) is 42.3. The van der Waals surface area contributed by atoms with E-state index in [1.54, 1.807) is 68.6 Å². The largest absolute Gasteiger partial charge is 0.481 e. The topological polar surface area (TPSA) is 688 Å². The summed E-state index contributed by atoms with van der Waals surface area (Å²) in [6.45, 7) is 6.55. The quantitative estimate of drug-likeness (QED) is 0.0349. The van der Waals surface area contributed by atoms with Gasteiger partial charge in [0.1, 0.15) is 72.5 Å². The number of carbonyl (C=O) groups is 17. The van der Waals surface area contributed by atoms with Gasteiger partial charge in [0.05, 0.1) is 57.6 Å². The highest BCUT2D eigenvalue weighted by Crippen LogP contribution is 2.29. The lowest BCUT2D eigenvalue weighted by Crippen LogP contribution is -2.62. The maximum atomic E-state index is 15.4. The Kier molecular flexibility index (Phi) is 38.7. The van der Waals surface area contributed by atoms with Crippen molar-refractivity contribution < 1.29 is 122 Å². The van der Waals surface area contributed by atoms with E-state index >= 15 is 14.4 Å². The lowest BCUT2D eigenvalue weighted by molar-refractivity contribution is -0.143. The molecule has 1 saturated heterocycles. The number of H-pyrrole nitrogens is 2. The molecule has 2 aromatic heterocycles. The van der Waals surface area contributed by atoms with Crippen LogP contribution >= 0.6 is 35.3 Å². The first-order valence-electron chi connectivity index (χ1n) is 42.1. The molecule has 3 aliphatic rings. The number of aliphatic hydroxyl groups excluding tert-OH is 1. The van der Waals surface area contributed by atoms with Crippen molar-refractivity contribution >= 4 is 187 Å². The Morgan fingerprint density at radius 1 is 0.553 bits per heavy atom. The first-order valence-corrected chi connectivity index (χ1v) is 50.5. The van der Waals surface area contributed by atoms with Gasteiger partial charge in [-0.3, -0.25) is 81.5 Å². The third kappa shape index (κ3) is 30.0. The maximum absolute atomic E-state index is 15.4. The molecule has 722 valence electrons. The number of hydrogen-bond acceptors (Lipinski definition) is 28. The van der Waals surface area contributed by atoms with Crippen LogP contribution in [0.25, 0.3) is 21.8 Å². The molecule has 15 amide bonds. The molecule has 132 heavy (non-hydrogen) atoms. The molecule has 44 nitrogen and oxygen atoms in total. The minimum absolute atomic E-state index is 0.0252. The van der Waals surface area contributed by atoms with E-state index in [4.69, 9.17) is 11.5 Å². The molecule has 5 heterocycles. The number of rotatable bonds is 20. The molecule has 4 bridgehead atoms. The normalized spacial score (nSPS) is 24.3. The van der Waals surface area contributed by atoms with Crippen LogP contribution in [0.1, 0.15) is 91.2 Å². The van der Waals surface area contributed by atoms with Crippen molar-refractivity contribution in [2.75, 3.05) is 85.0 Å². The number of aromatic nitrogens is 2. The second kappa shape index (κ2) is 48.3. The van der Waals surface area contributed by atoms with Crippen LogP contribution in [-0.4, -0.2) is 324 Å². The summed E-state index contributed by atoms with van der Waals surface area (Å²) in [5.74, 6) is -27.5. The van der Waals surface area contributed by atoms with E-state index in [9.17, 15) is 108 Å². The number of carboxylic acids is 2. The van der Waals surface area contributed by atoms with E-state index in [0.29, 0.717) is 74.7 Å². The molecule has 1 fully saturated rings. The summed E-state index contributed by atoms with van der Waals surface area (Å²) in [5, 5.41) is 61.7. The zero-order chi connectivity index (χ0) is 97.4. The number of sulfone groups is 3. The van der Waals surface area contributed by atoms with Gasteiger partial charge in [0, 0.05) is 115 Å². The SMILES string of the molecule is CC(C)[C@@H]1NC(=O)[C@H](Cc2c[nH]c3ccccc23)NC(=O)[C@@H]2CSCCS(=O)(=O)c3cc(cc(c3)S(=O)(=O)CCSC[C@H](NC(=O)[C@H](C)NC(=O)CN(C)C(=O)CCN)C(=O)N[C@@H]([C@@H](C)O)C(=O)N[C@@H](CCC(=O)O)C(=O)N2)S(=O)(=O)CCSC[C@@H](C(N)=O)NC(=O)[C@@H]2CCCN2C(=O)[C@H](C(C)C)NC(=O)[C@H](Cc2c[nH]c3ccccc23)NC(=O)CNC(=O)[C@H](CC(=O)O)NC1=O. The second-order valence-electron chi connectivity index (χ2n) is 32.5. The van der Waals surface area contributed by atoms with E-state index in [1.807, 2.05) is 0 Å². The van der Waals surface area contributed by atoms with Crippen LogP contribution in [0, 0.1) is 11.8 Å². The number of carboxylic acid groups (broad SMARTS) is 2. The summed E-state index contributed by atoms with van der Waals surface area (Å²) in [7, 11) is -13.4. The van der Waals surface area contributed by atoms with Crippen LogP contribution in [-0.2, 0) is 124 Å². The molecule has 21 N–H and O–H groups in total. The molecule has 0 unspecified atom stereocenters. The predicted octanol–water partition coefficient (Wildman–Crippen LogP) is -4.53. The number of aromatic amines is 2. The molecule has 13 atom stereocenters. The van der Waals surface area contributed by atoms with Gasteiger partial charge in [0.15, 0.2) is 29.5 Å². The van der Waals surface area contributed by atoms with Crippen molar-refractivity contribution in [3.63, 3.8) is 0 Å². The van der Waals surface area contributed by atoms with E-state index in [2.05, 4.69) is 73.8 Å². The number of nitrogens with zero attached hydrogens (tertiary/aromatic N) is 2. The molecular formula is C82H112N18O26S6. The molecule has 50 heteroatoms. The molecule has 3 aliphatic heterocycles. The van der Waals surface area contributed by atoms with E-state index in [0.717, 1.165) is 23.6 Å². The lowest BCUT2D eigenvalue weighted by Gasteiger charge is -2.32. The number of nitrogens with one attached hydrogen (secondary N) is 14. The Hall–Kier alpha value is -11.5. The van der Waals surface area contributed by atoms with Gasteiger partial charge < -0.3 is 110 Å². The molecule has 0 radical (unpaired) electrons. The minimum Gasteiger partial charge on any atom is -0.481 e. The van der Waals surface area contributed by atoms with Crippen LogP contribution < -0.4 is 75.3 Å². The van der Waals surface area contributed by atoms with Crippen LogP contribution in [0.2, 0.25) is 0 Å². The number of aliphatic carboxylic acids is 2. The van der Waals surface area contributed by atoms with Crippen molar-refractivity contribution in [1.82, 2.24) is 83.6 Å². The number of primary amides is 1. The van der Waals surface area contributed by atoms with Crippen LogP contribution in [0.3, 0.4) is 0 Å². The number of para-hydroxylation sites is 2. The lowest BCUT2D eigenvalue weighted by atomic mass is 9.99. The fourth-order valence-electron chi connectivity index (χ4n) is 14.3. The number of amides is 15. The summed E-state index contributed by atoms with van der Waals surface area (Å²) in [4.78, 5) is 246. The third-order valence-corrected chi connectivity index (χ3v) is 30.8. The summed E-state index contributed by atoms with van der Waals surface area (Å²) in [6, 6.07) is -5.49. The standard InChI is InChI=1S/C82H112N18O26S6/c1-42(2)68-80(118)92-58(34-67(107)108)73(111)87-37-63(102)89-56(29-46-35-85-53-15-10-8-13-51(46)53)75(113)97-69(43(3)4)82(120)100-22-12-17-62(100)79(117)93-59(71(84)109)39-127-23-26-130(121,122)48-31-49-33-50(32-48)132(125,126)28-25-129-41-61(94-72(110)44(5)88-64(103)38-99(7)65(104)20-21-83)78(116)98-70(45(6)101)81(119)90-55(18-19-66(105)106)74(112)95-60(40-128-24-27-131(49,123)124)77(115)91-57(76(114)96-68)30-47-36-86-54-16-11-9-14-52(47)54/h8-11,13-16,31-33,35-36,42-45,55-62,68-70,85-86,101H,12,17-30,34,37-41,83H2,1-7H3,(H2,84,109)(H,87,111)(H,88,103)(H,89,102)(H,90,119)(H,91,115)(H,92,118)(H,93,117)(H,94,110)(H,95,112)(H,96,114)(H,97,113)(H,98,116)(H,105,106)(H,107,108)/t44-,45+,55-,56-,57-,58-,59-,60-,61-,62-,68-,69-,70-/m0/s1. The minimum atomic E-state index is -4.93. The number of likely N-dealkylation sites (N-methyl/N-ethyl adjacent to an activating group) is 1. The molecule has 8 rings (SSSR count). The monoisotopic (exact) mass is 1960 g/mol. The van der Waals surface area contributed by atoms with Gasteiger partial charge in [-0.15, -0.1) is 0 Å². The number of aliphatic hydroxyl groups is 1. The summed E-state index contributed by atoms with van der Waals surface area (Å²) >= 11 is 2.00. The van der Waals surface area contributed by atoms with Crippen molar-refractivity contribution in [3.8, 4) is 0 Å². The fourth-order valence-corrected chi connectivity index (χ4v) is 23.1. The Bertz CT molecular complexity index is 5500. The van der Waals surface area contributed by atoms with Gasteiger partial charge in [-0.05, 0) is 86.4 Å². The number of hydrogen-bond donors (Lipinski definition) is 19. The van der Waals surface area contributed by atoms with Gasteiger partial charge in [0.2, 0.25) is 88.6 Å². The van der Waals surface area contributed by atoms with Crippen molar-refractivity contribution in [1.29, 1.82) is 0 Å². The van der Waals surface area contributed by atoms with Gasteiger partial charge in [-0.1, -0.05) is 64.1 Å². The van der Waals surface area contributed by atoms with Gasteiger partial charge in [0.25, 0.3) is 0 Å². The van der Waals surface area contributed by atoms with Gasteiger partial charge in [-0.25, -0.2) is 25.3 Å². The maximum Gasteiger partial charge on any atom is 0.305 e. The number of benzene rings is 3. The number of fused-ring (bicyclic) bond motifs is 10. The van der Waals surface area contributed by atoms with E-state index in [1.165, 1.54) is 38.9 Å². The van der Waals surface area contributed by atoms with Crippen molar-refractivity contribution in [2.24, 2.45) is 23.3 Å². The smallest absolute Gasteiger partial charge is 0.305 e. The van der Waals surface area contributed by atoms with Gasteiger partial charge >= 0.3 is 11.9 Å². The average Bonchev–Trinajstić information content (AvgIpc) is 0.964. The number of thioether (sulfide) groups is 3. The summed E-state index contributed by atoms with van der Waals surface area (Å²) in [5.41, 5.74) is 13.3. The zero-order valence-electron chi connectivity index (χ0n) is 73.2. The molecule has 3 aromatic carbocycles. The molecule has 0 spiro atoms. The van der Waals surface area contributed by atoms with Crippen molar-refractivity contribution in [3.05, 3.63) is 90.3 Å². The molecular weight excluding hydrogens is 1850 g/mol. The summed E-state index contributed by atoms with van der Waals surface area (Å²) in [6.07, 6.45) is -2.39. The Balaban J connectivity index is 1.23. The number of carbonyl (C=O) groups excluding carboxylic acids is 15. The average molecular weight is 1960 g/mol. The highest BCUT2D eigenvalue weighted by molar-refractivity contribution is 8.01. The van der Waals surface area contributed by atoms with Crippen LogP contribution in [0.5, 0.6) is 0 Å². The first-order chi connectivity index (χ1) is 62.2. The zero-order valence-corrected chi connectivity index (χ0v) is 78.1. The van der Waals surface area contributed by atoms with Gasteiger partial charge in [-0.2, -0.15) is 35.3 Å². The van der Waals surface area contributed by atoms with Crippen LogP contribution in [0.4, 0.5) is 0 Å². The third-order valence-electron chi connectivity index (χ3n) is 21.7. The highest BCUT2D eigenvalue weighted by atomic mass is 32.2. The summed E-state index contributed by atoms with van der Waals surface area (Å²) < 4.78 is 88.7. The van der Waals surface area contributed by atoms with E-state index in [-0.39, 0.29) is 38.8 Å². The first kappa shape index (κ1) is 106. The Labute approximate surface area is 772 Å². The Morgan fingerprint density at radius 2 is 1.05 bits per heavy atom. The molecule has 5 aromatic rings. The highest BCUT2D eigenvalue weighted by Gasteiger charge is 2.43.